The SMILES string of the molecule is CCOc1c(/C(C)=C/C(=O)Nc2ccc(C)c(F)c2)cc2c(-c3ccc(Cl)cc3)coc2c1C. The molecule has 0 bridgehead atoms. The third-order valence-corrected chi connectivity index (χ3v) is 5.95. The van der Waals surface area contributed by atoms with E-state index in [2.05, 4.69) is 5.32 Å². The molecule has 0 saturated carbocycles. The van der Waals surface area contributed by atoms with Crippen LogP contribution in [-0.2, 0) is 4.79 Å². The number of carbonyl (C=O) groups is 1. The van der Waals surface area contributed by atoms with Crippen molar-refractivity contribution in [2.45, 2.75) is 27.7 Å². The van der Waals surface area contributed by atoms with Crippen molar-refractivity contribution >= 4 is 39.7 Å². The Labute approximate surface area is 203 Å². The summed E-state index contributed by atoms with van der Waals surface area (Å²) in [5, 5.41) is 4.29. The van der Waals surface area contributed by atoms with Gasteiger partial charge in [0.15, 0.2) is 0 Å². The van der Waals surface area contributed by atoms with Gasteiger partial charge in [-0.2, -0.15) is 0 Å². The van der Waals surface area contributed by atoms with Crippen LogP contribution in [0.2, 0.25) is 5.02 Å². The highest BCUT2D eigenvalue weighted by molar-refractivity contribution is 6.30. The number of halogens is 2. The summed E-state index contributed by atoms with van der Waals surface area (Å²) in [6, 6.07) is 14.1. The Morgan fingerprint density at radius 1 is 1.15 bits per heavy atom. The Balaban J connectivity index is 1.76. The second kappa shape index (κ2) is 9.74. The van der Waals surface area contributed by atoms with E-state index in [0.29, 0.717) is 34.2 Å². The van der Waals surface area contributed by atoms with Crippen molar-refractivity contribution < 1.29 is 18.3 Å². The van der Waals surface area contributed by atoms with Crippen molar-refractivity contribution in [1.82, 2.24) is 0 Å². The lowest BCUT2D eigenvalue weighted by atomic mass is 9.96. The van der Waals surface area contributed by atoms with E-state index in [9.17, 15) is 9.18 Å². The van der Waals surface area contributed by atoms with Gasteiger partial charge in [-0.1, -0.05) is 29.8 Å². The molecule has 1 heterocycles. The quantitative estimate of drug-likeness (QED) is 0.287. The molecule has 4 rings (SSSR count). The van der Waals surface area contributed by atoms with Gasteiger partial charge >= 0.3 is 0 Å². The minimum atomic E-state index is -0.368. The van der Waals surface area contributed by atoms with Crippen LogP contribution in [0.3, 0.4) is 0 Å². The van der Waals surface area contributed by atoms with Crippen LogP contribution in [0.5, 0.6) is 5.75 Å². The fourth-order valence-electron chi connectivity index (χ4n) is 3.92. The number of aryl methyl sites for hydroxylation is 2. The van der Waals surface area contributed by atoms with Crippen molar-refractivity contribution in [3.63, 3.8) is 0 Å². The van der Waals surface area contributed by atoms with Crippen LogP contribution < -0.4 is 10.1 Å². The molecule has 3 aromatic carbocycles. The Morgan fingerprint density at radius 2 is 1.88 bits per heavy atom. The van der Waals surface area contributed by atoms with E-state index < -0.39 is 0 Å². The van der Waals surface area contributed by atoms with Gasteiger partial charge in [-0.15, -0.1) is 0 Å². The zero-order chi connectivity index (χ0) is 24.4. The van der Waals surface area contributed by atoms with E-state index in [4.69, 9.17) is 20.8 Å². The number of anilines is 1. The maximum atomic E-state index is 13.9. The van der Waals surface area contributed by atoms with Crippen LogP contribution in [0.25, 0.3) is 27.7 Å². The monoisotopic (exact) mass is 477 g/mol. The number of hydrogen-bond donors (Lipinski definition) is 1. The number of furan rings is 1. The summed E-state index contributed by atoms with van der Waals surface area (Å²) in [7, 11) is 0. The molecular formula is C28H25ClFNO3. The largest absolute Gasteiger partial charge is 0.493 e. The van der Waals surface area contributed by atoms with Gasteiger partial charge in [0.05, 0.1) is 12.9 Å². The molecule has 174 valence electrons. The molecule has 1 N–H and O–H groups in total. The van der Waals surface area contributed by atoms with Gasteiger partial charge in [-0.05, 0) is 74.7 Å². The molecule has 4 aromatic rings. The van der Waals surface area contributed by atoms with Crippen LogP contribution in [-0.4, -0.2) is 12.5 Å². The van der Waals surface area contributed by atoms with Crippen molar-refractivity contribution in [3.8, 4) is 16.9 Å². The Morgan fingerprint density at radius 3 is 2.56 bits per heavy atom. The molecule has 4 nitrogen and oxygen atoms in total. The number of nitrogens with one attached hydrogen (secondary N) is 1. The van der Waals surface area contributed by atoms with Crippen molar-refractivity contribution in [1.29, 1.82) is 0 Å². The van der Waals surface area contributed by atoms with Crippen LogP contribution >= 0.6 is 11.6 Å². The average molecular weight is 478 g/mol. The number of ether oxygens (including phenoxy) is 1. The summed E-state index contributed by atoms with van der Waals surface area (Å²) < 4.78 is 25.7. The van der Waals surface area contributed by atoms with Gasteiger partial charge in [0.1, 0.15) is 17.1 Å². The molecule has 0 aliphatic heterocycles. The molecule has 0 radical (unpaired) electrons. The number of rotatable bonds is 6. The van der Waals surface area contributed by atoms with Crippen molar-refractivity contribution in [2.75, 3.05) is 11.9 Å². The normalized spacial score (nSPS) is 11.6. The summed E-state index contributed by atoms with van der Waals surface area (Å²) >= 11 is 6.06. The van der Waals surface area contributed by atoms with E-state index in [-0.39, 0.29) is 11.7 Å². The highest BCUT2D eigenvalue weighted by Gasteiger charge is 2.19. The molecule has 0 unspecified atom stereocenters. The van der Waals surface area contributed by atoms with Gasteiger partial charge < -0.3 is 14.5 Å². The predicted molar refractivity (Wildman–Crippen MR) is 136 cm³/mol. The van der Waals surface area contributed by atoms with Gasteiger partial charge in [-0.25, -0.2) is 4.39 Å². The van der Waals surface area contributed by atoms with Crippen LogP contribution in [0.15, 0.2) is 65.3 Å². The molecule has 1 amide bonds. The minimum absolute atomic E-state index is 0.355. The van der Waals surface area contributed by atoms with Gasteiger partial charge in [0, 0.05) is 38.9 Å². The fraction of sp³-hybridized carbons (Fsp3) is 0.179. The molecule has 0 spiro atoms. The lowest BCUT2D eigenvalue weighted by molar-refractivity contribution is -0.111. The molecule has 34 heavy (non-hydrogen) atoms. The second-order valence-corrected chi connectivity index (χ2v) is 8.56. The summed E-state index contributed by atoms with van der Waals surface area (Å²) in [6.45, 7) is 7.83. The van der Waals surface area contributed by atoms with Crippen LogP contribution in [0.4, 0.5) is 10.1 Å². The first-order valence-electron chi connectivity index (χ1n) is 11.0. The molecule has 0 fully saturated rings. The van der Waals surface area contributed by atoms with E-state index in [1.807, 2.05) is 51.1 Å². The molecule has 1 aromatic heterocycles. The number of hydrogen-bond acceptors (Lipinski definition) is 3. The van der Waals surface area contributed by atoms with E-state index in [0.717, 1.165) is 33.2 Å². The predicted octanol–water partition coefficient (Wildman–Crippen LogP) is 7.95. The van der Waals surface area contributed by atoms with Crippen LogP contribution in [0, 0.1) is 19.7 Å². The average Bonchev–Trinajstić information content (AvgIpc) is 3.23. The van der Waals surface area contributed by atoms with E-state index in [1.54, 1.807) is 25.3 Å². The second-order valence-electron chi connectivity index (χ2n) is 8.12. The van der Waals surface area contributed by atoms with Gasteiger partial charge in [0.25, 0.3) is 0 Å². The molecule has 0 saturated heterocycles. The Hall–Kier alpha value is -3.57. The highest BCUT2D eigenvalue weighted by Crippen LogP contribution is 2.41. The third kappa shape index (κ3) is 4.70. The minimum Gasteiger partial charge on any atom is -0.493 e. The smallest absolute Gasteiger partial charge is 0.248 e. The number of fused-ring (bicyclic) bond motifs is 1. The highest BCUT2D eigenvalue weighted by atomic mass is 35.5. The molecule has 0 atom stereocenters. The third-order valence-electron chi connectivity index (χ3n) is 5.70. The first kappa shape index (κ1) is 23.6. The maximum absolute atomic E-state index is 13.9. The first-order valence-corrected chi connectivity index (χ1v) is 11.4. The zero-order valence-electron chi connectivity index (χ0n) is 19.5. The lowest BCUT2D eigenvalue weighted by Gasteiger charge is -2.15. The number of carbonyl (C=O) groups excluding carboxylic acids is 1. The summed E-state index contributed by atoms with van der Waals surface area (Å²) in [5.41, 5.74) is 5.88. The lowest BCUT2D eigenvalue weighted by Crippen LogP contribution is -2.09. The maximum Gasteiger partial charge on any atom is 0.248 e. The Kier molecular flexibility index (Phi) is 6.75. The standard InChI is InChI=1S/C28H25ClFNO3/c1-5-33-27-18(4)28-23(24(15-34-28)19-7-9-20(29)10-8-19)14-22(27)17(3)12-26(32)31-21-11-6-16(2)25(30)13-21/h6-15H,5H2,1-4H3,(H,31,32)/b17-12+. The van der Waals surface area contributed by atoms with Gasteiger partial charge in [-0.3, -0.25) is 4.79 Å². The van der Waals surface area contributed by atoms with E-state index >= 15 is 0 Å². The summed E-state index contributed by atoms with van der Waals surface area (Å²) in [4.78, 5) is 12.7. The van der Waals surface area contributed by atoms with Gasteiger partial charge in [0.2, 0.25) is 5.91 Å². The zero-order valence-corrected chi connectivity index (χ0v) is 20.2. The molecule has 0 aliphatic rings. The molecular weight excluding hydrogens is 453 g/mol. The number of amides is 1. The van der Waals surface area contributed by atoms with Crippen molar-refractivity contribution in [2.24, 2.45) is 0 Å². The van der Waals surface area contributed by atoms with Crippen molar-refractivity contribution in [3.05, 3.63) is 88.4 Å². The van der Waals surface area contributed by atoms with Crippen LogP contribution in [0.1, 0.15) is 30.5 Å². The fourth-order valence-corrected chi connectivity index (χ4v) is 4.04. The molecule has 6 heteroatoms. The number of allylic oxidation sites excluding steroid dienone is 1. The summed E-state index contributed by atoms with van der Waals surface area (Å²) in [5.74, 6) is -0.0612. The number of benzene rings is 3. The summed E-state index contributed by atoms with van der Waals surface area (Å²) in [6.07, 6.45) is 3.21. The van der Waals surface area contributed by atoms with E-state index in [1.165, 1.54) is 12.1 Å². The first-order chi connectivity index (χ1) is 16.3. The topological polar surface area (TPSA) is 51.5 Å². The Bertz CT molecular complexity index is 1400. The molecule has 0 aliphatic carbocycles.